The highest BCUT2D eigenvalue weighted by molar-refractivity contribution is 8.18. The molecule has 1 aliphatic rings. The molecule has 3 rings (SSSR count). The smallest absolute Gasteiger partial charge is 0.339 e. The summed E-state index contributed by atoms with van der Waals surface area (Å²) in [6.45, 7) is 0. The van der Waals surface area contributed by atoms with E-state index in [2.05, 4.69) is 10.3 Å². The number of benzene rings is 1. The Morgan fingerprint density at radius 3 is 2.88 bits per heavy atom. The van der Waals surface area contributed by atoms with E-state index in [1.54, 1.807) is 36.6 Å². The zero-order chi connectivity index (χ0) is 17.8. The Hall–Kier alpha value is -3.26. The lowest BCUT2D eigenvalue weighted by Gasteiger charge is -2.01. The van der Waals surface area contributed by atoms with Crippen LogP contribution in [-0.4, -0.2) is 27.3 Å². The molecular weight excluding hydrogens is 344 g/mol. The average molecular weight is 356 g/mol. The Morgan fingerprint density at radius 2 is 2.16 bits per heavy atom. The van der Waals surface area contributed by atoms with Crippen molar-refractivity contribution in [1.29, 1.82) is 0 Å². The summed E-state index contributed by atoms with van der Waals surface area (Å²) < 4.78 is 5.15. The number of carboxylic acid groups (broad SMARTS) is 1. The monoisotopic (exact) mass is 356 g/mol. The van der Waals surface area contributed by atoms with Gasteiger partial charge in [0.05, 0.1) is 16.9 Å². The van der Waals surface area contributed by atoms with Gasteiger partial charge in [0.15, 0.2) is 5.17 Å². The lowest BCUT2D eigenvalue weighted by molar-refractivity contribution is -0.115. The van der Waals surface area contributed by atoms with Crippen molar-refractivity contribution in [3.63, 3.8) is 0 Å². The van der Waals surface area contributed by atoms with Crippen LogP contribution >= 0.6 is 11.8 Å². The second kappa shape index (κ2) is 7.10. The number of phenols is 1. The molecule has 8 heteroatoms. The highest BCUT2D eigenvalue weighted by Gasteiger charge is 2.23. The number of thioether (sulfide) groups is 1. The minimum atomic E-state index is -1.26. The largest absolute Gasteiger partial charge is 0.507 e. The number of carboxylic acids is 1. The van der Waals surface area contributed by atoms with Crippen molar-refractivity contribution in [3.8, 4) is 5.75 Å². The number of aromatic carboxylic acids is 1. The van der Waals surface area contributed by atoms with E-state index in [1.165, 1.54) is 18.2 Å². The van der Waals surface area contributed by atoms with Crippen LogP contribution in [-0.2, 0) is 4.79 Å². The minimum absolute atomic E-state index is 0.256. The molecule has 0 saturated carbocycles. The normalized spacial score (nSPS) is 17.5. The first-order chi connectivity index (χ1) is 12.0. The quantitative estimate of drug-likeness (QED) is 0.726. The van der Waals surface area contributed by atoms with Gasteiger partial charge in [-0.05, 0) is 54.2 Å². The van der Waals surface area contributed by atoms with Crippen molar-refractivity contribution in [1.82, 2.24) is 5.32 Å². The van der Waals surface area contributed by atoms with Crippen LogP contribution in [0.3, 0.4) is 0 Å². The van der Waals surface area contributed by atoms with Crippen molar-refractivity contribution >= 4 is 40.6 Å². The maximum absolute atomic E-state index is 11.9. The molecule has 1 saturated heterocycles. The van der Waals surface area contributed by atoms with E-state index in [0.717, 1.165) is 11.8 Å². The molecule has 1 aromatic carbocycles. The number of nitrogens with one attached hydrogen (secondary N) is 1. The number of amides is 1. The van der Waals surface area contributed by atoms with Crippen molar-refractivity contribution < 1.29 is 24.2 Å². The van der Waals surface area contributed by atoms with E-state index in [1.807, 2.05) is 0 Å². The topological polar surface area (TPSA) is 112 Å². The van der Waals surface area contributed by atoms with Crippen LogP contribution in [0.5, 0.6) is 5.75 Å². The highest BCUT2D eigenvalue weighted by Crippen LogP contribution is 2.28. The number of carbonyl (C=O) groups excluding carboxylic acids is 1. The van der Waals surface area contributed by atoms with Crippen LogP contribution in [0, 0.1) is 0 Å². The van der Waals surface area contributed by atoms with E-state index in [4.69, 9.17) is 9.52 Å². The molecule has 0 bridgehead atoms. The van der Waals surface area contributed by atoms with Gasteiger partial charge in [-0.1, -0.05) is 6.08 Å². The van der Waals surface area contributed by atoms with E-state index >= 15 is 0 Å². The second-order valence-corrected chi connectivity index (χ2v) is 5.92. The summed E-state index contributed by atoms with van der Waals surface area (Å²) in [6.07, 6.45) is 6.59. The van der Waals surface area contributed by atoms with Crippen molar-refractivity contribution in [2.24, 2.45) is 4.99 Å². The summed E-state index contributed by atoms with van der Waals surface area (Å²) in [5.74, 6) is -1.24. The highest BCUT2D eigenvalue weighted by atomic mass is 32.2. The fourth-order valence-corrected chi connectivity index (χ4v) is 2.79. The molecule has 1 amide bonds. The summed E-state index contributed by atoms with van der Waals surface area (Å²) in [4.78, 5) is 27.6. The van der Waals surface area contributed by atoms with E-state index in [-0.39, 0.29) is 17.2 Å². The number of hydrogen-bond donors (Lipinski definition) is 3. The molecule has 1 aromatic heterocycles. The van der Waals surface area contributed by atoms with Crippen LogP contribution in [0.15, 0.2) is 63.1 Å². The molecule has 3 N–H and O–H groups in total. The number of furan rings is 1. The number of aromatic hydroxyl groups is 1. The second-order valence-electron chi connectivity index (χ2n) is 4.89. The maximum atomic E-state index is 11.9. The lowest BCUT2D eigenvalue weighted by atomic mass is 10.2. The van der Waals surface area contributed by atoms with Gasteiger partial charge in [0.1, 0.15) is 17.1 Å². The first-order valence-corrected chi connectivity index (χ1v) is 7.90. The molecule has 1 aliphatic heterocycles. The van der Waals surface area contributed by atoms with E-state index in [9.17, 15) is 14.7 Å². The van der Waals surface area contributed by atoms with Gasteiger partial charge < -0.3 is 19.9 Å². The minimum Gasteiger partial charge on any atom is -0.507 e. The molecule has 0 radical (unpaired) electrons. The third-order valence-electron chi connectivity index (χ3n) is 3.14. The molecule has 0 atom stereocenters. The summed E-state index contributed by atoms with van der Waals surface area (Å²) in [5.41, 5.74) is 0.0543. The van der Waals surface area contributed by atoms with Gasteiger partial charge in [0, 0.05) is 0 Å². The van der Waals surface area contributed by atoms with Crippen LogP contribution < -0.4 is 5.32 Å². The Balaban J connectivity index is 1.77. The summed E-state index contributed by atoms with van der Waals surface area (Å²) in [6, 6.07) is 7.48. The van der Waals surface area contributed by atoms with E-state index < -0.39 is 5.97 Å². The van der Waals surface area contributed by atoms with Gasteiger partial charge in [-0.2, -0.15) is 0 Å². The zero-order valence-electron chi connectivity index (χ0n) is 12.7. The Labute approximate surface area is 146 Å². The molecule has 1 fully saturated rings. The standard InChI is InChI=1S/C17H12N2O5S/c20-13-7-6-10(9-12(13)16(22)23)18-17-19-15(21)14(25-17)5-1-3-11-4-2-8-24-11/h1-9,20H,(H,22,23)(H,18,19,21)/b3-1+,14-5-. The molecule has 2 aromatic rings. The first kappa shape index (κ1) is 16.6. The molecule has 0 unspecified atom stereocenters. The summed E-state index contributed by atoms with van der Waals surface area (Å²) in [5, 5.41) is 21.4. The van der Waals surface area contributed by atoms with Crippen LogP contribution in [0.4, 0.5) is 5.69 Å². The summed E-state index contributed by atoms with van der Waals surface area (Å²) in [7, 11) is 0. The number of aliphatic imine (C=N–C) groups is 1. The molecule has 0 aliphatic carbocycles. The van der Waals surface area contributed by atoms with Crippen LogP contribution in [0.2, 0.25) is 0 Å². The Kier molecular flexibility index (Phi) is 4.71. The Morgan fingerprint density at radius 1 is 1.32 bits per heavy atom. The fourth-order valence-electron chi connectivity index (χ4n) is 1.99. The van der Waals surface area contributed by atoms with Gasteiger partial charge in [-0.25, -0.2) is 9.79 Å². The van der Waals surface area contributed by atoms with Gasteiger partial charge >= 0.3 is 5.97 Å². The van der Waals surface area contributed by atoms with Gasteiger partial charge in [0.2, 0.25) is 0 Å². The molecule has 7 nitrogen and oxygen atoms in total. The number of nitrogens with zero attached hydrogens (tertiary/aromatic N) is 1. The van der Waals surface area contributed by atoms with Crippen LogP contribution in [0.25, 0.3) is 6.08 Å². The van der Waals surface area contributed by atoms with Crippen molar-refractivity contribution in [2.45, 2.75) is 0 Å². The number of amidine groups is 1. The Bertz CT molecular complexity index is 913. The fraction of sp³-hybridized carbons (Fsp3) is 0. The SMILES string of the molecule is O=C1NC(=Nc2ccc(O)c(C(=O)O)c2)S/C1=C\C=C\c1ccco1. The average Bonchev–Trinajstić information content (AvgIpc) is 3.19. The maximum Gasteiger partial charge on any atom is 0.339 e. The van der Waals surface area contributed by atoms with Crippen molar-refractivity contribution in [3.05, 3.63) is 65.0 Å². The van der Waals surface area contributed by atoms with Gasteiger partial charge in [-0.3, -0.25) is 4.79 Å². The van der Waals surface area contributed by atoms with Gasteiger partial charge in [0.25, 0.3) is 5.91 Å². The molecule has 126 valence electrons. The predicted octanol–water partition coefficient (Wildman–Crippen LogP) is 3.13. The lowest BCUT2D eigenvalue weighted by Crippen LogP contribution is -2.19. The van der Waals surface area contributed by atoms with Crippen molar-refractivity contribution in [2.75, 3.05) is 0 Å². The number of carbonyl (C=O) groups is 2. The molecule has 0 spiro atoms. The third kappa shape index (κ3) is 3.99. The van der Waals surface area contributed by atoms with E-state index in [0.29, 0.717) is 21.5 Å². The summed E-state index contributed by atoms with van der Waals surface area (Å²) >= 11 is 1.13. The first-order valence-electron chi connectivity index (χ1n) is 7.09. The predicted molar refractivity (Wildman–Crippen MR) is 93.7 cm³/mol. The van der Waals surface area contributed by atoms with Crippen LogP contribution in [0.1, 0.15) is 16.1 Å². The zero-order valence-corrected chi connectivity index (χ0v) is 13.5. The molecule has 2 heterocycles. The molecular formula is C17H12N2O5S. The number of rotatable bonds is 4. The number of hydrogen-bond acceptors (Lipinski definition) is 6. The molecule has 25 heavy (non-hydrogen) atoms. The van der Waals surface area contributed by atoms with Gasteiger partial charge in [-0.15, -0.1) is 0 Å². The third-order valence-corrected chi connectivity index (χ3v) is 4.07. The number of allylic oxidation sites excluding steroid dienone is 2.